The number of carbonyl (C=O) groups excluding carboxylic acids is 1. The maximum absolute atomic E-state index is 12.6. The first-order chi connectivity index (χ1) is 10.2. The molecule has 1 aromatic heterocycles. The maximum Gasteiger partial charge on any atom is 0.268 e. The van der Waals surface area contributed by atoms with Gasteiger partial charge in [0.25, 0.3) is 5.91 Å². The molecule has 21 heavy (non-hydrogen) atoms. The Morgan fingerprint density at radius 2 is 1.95 bits per heavy atom. The Balaban J connectivity index is 2.24. The van der Waals surface area contributed by atoms with Crippen LogP contribution in [0.3, 0.4) is 0 Å². The van der Waals surface area contributed by atoms with Gasteiger partial charge in [-0.2, -0.15) is 0 Å². The van der Waals surface area contributed by atoms with E-state index >= 15 is 0 Å². The minimum absolute atomic E-state index is 0.00662. The molecule has 2 aromatic rings. The van der Waals surface area contributed by atoms with E-state index in [1.807, 2.05) is 50.2 Å². The summed E-state index contributed by atoms with van der Waals surface area (Å²) in [4.78, 5) is 15.9. The molecular formula is C17H18N2OS. The molecule has 2 N–H and O–H groups in total. The fourth-order valence-electron chi connectivity index (χ4n) is 1.96. The predicted octanol–water partition coefficient (Wildman–Crippen LogP) is 3.03. The molecule has 0 saturated heterocycles. The molecule has 0 radical (unpaired) electrons. The topological polar surface area (TPSA) is 46.3 Å². The predicted molar refractivity (Wildman–Crippen MR) is 88.8 cm³/mol. The van der Waals surface area contributed by atoms with Crippen molar-refractivity contribution in [3.05, 3.63) is 51.7 Å². The third kappa shape index (κ3) is 3.72. The van der Waals surface area contributed by atoms with Crippen molar-refractivity contribution in [1.29, 1.82) is 0 Å². The van der Waals surface area contributed by atoms with Crippen LogP contribution in [0.15, 0.2) is 36.4 Å². The van der Waals surface area contributed by atoms with E-state index in [-0.39, 0.29) is 5.91 Å². The molecular weight excluding hydrogens is 280 g/mol. The Kier molecular flexibility index (Phi) is 5.15. The second-order valence-corrected chi connectivity index (χ2v) is 5.64. The van der Waals surface area contributed by atoms with E-state index in [0.717, 1.165) is 10.6 Å². The van der Waals surface area contributed by atoms with Gasteiger partial charge in [-0.1, -0.05) is 29.5 Å². The normalized spacial score (nSPS) is 9.86. The van der Waals surface area contributed by atoms with Crippen LogP contribution in [0.25, 0.3) is 0 Å². The van der Waals surface area contributed by atoms with Crippen molar-refractivity contribution in [1.82, 2.24) is 0 Å². The average Bonchev–Trinajstić information content (AvgIpc) is 2.96. The zero-order valence-corrected chi connectivity index (χ0v) is 13.0. The molecule has 0 atom stereocenters. The summed E-state index contributed by atoms with van der Waals surface area (Å²) in [6.07, 6.45) is 0. The van der Waals surface area contributed by atoms with Gasteiger partial charge in [-0.3, -0.25) is 4.79 Å². The van der Waals surface area contributed by atoms with E-state index < -0.39 is 0 Å². The van der Waals surface area contributed by atoms with Crippen molar-refractivity contribution in [2.45, 2.75) is 13.8 Å². The molecule has 1 heterocycles. The van der Waals surface area contributed by atoms with E-state index in [4.69, 9.17) is 5.73 Å². The fourth-order valence-corrected chi connectivity index (χ4v) is 2.79. The number of rotatable bonds is 3. The van der Waals surface area contributed by atoms with Gasteiger partial charge >= 0.3 is 0 Å². The molecule has 0 spiro atoms. The molecule has 0 fully saturated rings. The summed E-state index contributed by atoms with van der Waals surface area (Å²) in [5.74, 6) is 5.76. The molecule has 3 nitrogen and oxygen atoms in total. The van der Waals surface area contributed by atoms with Gasteiger partial charge in [0, 0.05) is 12.2 Å². The molecule has 0 aliphatic rings. The lowest BCUT2D eigenvalue weighted by atomic mass is 10.2. The maximum atomic E-state index is 12.6. The van der Waals surface area contributed by atoms with Crippen LogP contribution >= 0.6 is 11.3 Å². The molecule has 4 heteroatoms. The summed E-state index contributed by atoms with van der Waals surface area (Å²) in [5, 5.41) is 0. The van der Waals surface area contributed by atoms with Gasteiger partial charge in [-0.05, 0) is 38.1 Å². The number of nitrogens with two attached hydrogens (primary N) is 1. The van der Waals surface area contributed by atoms with Gasteiger partial charge in [0.1, 0.15) is 0 Å². The summed E-state index contributed by atoms with van der Waals surface area (Å²) in [6, 6.07) is 11.7. The zero-order valence-electron chi connectivity index (χ0n) is 12.2. The van der Waals surface area contributed by atoms with Crippen molar-refractivity contribution in [2.24, 2.45) is 5.73 Å². The van der Waals surface area contributed by atoms with Crippen LogP contribution in [-0.4, -0.2) is 19.0 Å². The first-order valence-electron chi connectivity index (χ1n) is 6.83. The van der Waals surface area contributed by atoms with Crippen LogP contribution in [0.2, 0.25) is 0 Å². The molecule has 0 saturated carbocycles. The monoisotopic (exact) mass is 298 g/mol. The van der Waals surface area contributed by atoms with E-state index in [2.05, 4.69) is 11.8 Å². The molecule has 2 rings (SSSR count). The minimum atomic E-state index is 0.00662. The highest BCUT2D eigenvalue weighted by Crippen LogP contribution is 2.22. The summed E-state index contributed by atoms with van der Waals surface area (Å²) < 4.78 is 0. The zero-order chi connectivity index (χ0) is 15.2. The lowest BCUT2D eigenvalue weighted by Gasteiger charge is -2.20. The Morgan fingerprint density at radius 1 is 1.24 bits per heavy atom. The fraction of sp³-hybridized carbons (Fsp3) is 0.235. The van der Waals surface area contributed by atoms with Crippen LogP contribution in [0.4, 0.5) is 5.69 Å². The van der Waals surface area contributed by atoms with Crippen molar-refractivity contribution in [2.75, 3.05) is 18.0 Å². The second kappa shape index (κ2) is 7.07. The van der Waals surface area contributed by atoms with E-state index in [0.29, 0.717) is 18.0 Å². The van der Waals surface area contributed by atoms with Gasteiger partial charge in [0.05, 0.1) is 16.3 Å². The minimum Gasteiger partial charge on any atom is -0.320 e. The number of amides is 1. The SMILES string of the molecule is CCN(C(=O)c1ccc(C#CCN)s1)c1ccc(C)cc1. The van der Waals surface area contributed by atoms with Crippen LogP contribution in [0.5, 0.6) is 0 Å². The number of carbonyl (C=O) groups is 1. The lowest BCUT2D eigenvalue weighted by molar-refractivity contribution is 0.0992. The molecule has 0 aliphatic carbocycles. The Hall–Kier alpha value is -2.09. The number of anilines is 1. The molecule has 1 aromatic carbocycles. The highest BCUT2D eigenvalue weighted by Gasteiger charge is 2.17. The number of nitrogens with zero attached hydrogens (tertiary/aromatic N) is 1. The van der Waals surface area contributed by atoms with Gasteiger partial charge in [-0.25, -0.2) is 0 Å². The van der Waals surface area contributed by atoms with Gasteiger partial charge in [0.15, 0.2) is 0 Å². The van der Waals surface area contributed by atoms with Gasteiger partial charge in [-0.15, -0.1) is 11.3 Å². The first-order valence-corrected chi connectivity index (χ1v) is 7.64. The summed E-state index contributed by atoms with van der Waals surface area (Å²) in [7, 11) is 0. The lowest BCUT2D eigenvalue weighted by Crippen LogP contribution is -2.29. The number of benzene rings is 1. The second-order valence-electron chi connectivity index (χ2n) is 4.55. The Bertz CT molecular complexity index is 677. The van der Waals surface area contributed by atoms with Gasteiger partial charge < -0.3 is 10.6 Å². The highest BCUT2D eigenvalue weighted by molar-refractivity contribution is 7.14. The number of hydrogen-bond acceptors (Lipinski definition) is 3. The number of aryl methyl sites for hydroxylation is 1. The van der Waals surface area contributed by atoms with Crippen molar-refractivity contribution < 1.29 is 4.79 Å². The van der Waals surface area contributed by atoms with E-state index in [1.165, 1.54) is 16.9 Å². The smallest absolute Gasteiger partial charge is 0.268 e. The summed E-state index contributed by atoms with van der Waals surface area (Å²) >= 11 is 1.40. The Morgan fingerprint density at radius 3 is 2.57 bits per heavy atom. The van der Waals surface area contributed by atoms with Crippen LogP contribution in [0.1, 0.15) is 27.0 Å². The van der Waals surface area contributed by atoms with E-state index in [9.17, 15) is 4.79 Å². The molecule has 0 bridgehead atoms. The first kappa shape index (κ1) is 15.3. The quantitative estimate of drug-likeness (QED) is 0.885. The van der Waals surface area contributed by atoms with Crippen molar-refractivity contribution >= 4 is 22.9 Å². The third-order valence-electron chi connectivity index (χ3n) is 3.04. The molecule has 108 valence electrons. The van der Waals surface area contributed by atoms with E-state index in [1.54, 1.807) is 4.90 Å². The van der Waals surface area contributed by atoms with Crippen LogP contribution in [-0.2, 0) is 0 Å². The number of hydrogen-bond donors (Lipinski definition) is 1. The molecule has 0 unspecified atom stereocenters. The average molecular weight is 298 g/mol. The van der Waals surface area contributed by atoms with Gasteiger partial charge in [0.2, 0.25) is 0 Å². The Labute approximate surface area is 129 Å². The number of thiophene rings is 1. The van der Waals surface area contributed by atoms with Crippen LogP contribution < -0.4 is 10.6 Å². The molecule has 1 amide bonds. The van der Waals surface area contributed by atoms with Crippen LogP contribution in [0, 0.1) is 18.8 Å². The summed E-state index contributed by atoms with van der Waals surface area (Å²) in [5.41, 5.74) is 7.45. The van der Waals surface area contributed by atoms with Crippen molar-refractivity contribution in [3.63, 3.8) is 0 Å². The highest BCUT2D eigenvalue weighted by atomic mass is 32.1. The third-order valence-corrected chi connectivity index (χ3v) is 4.03. The summed E-state index contributed by atoms with van der Waals surface area (Å²) in [6.45, 7) is 4.96. The standard InChI is InChI=1S/C17H18N2OS/c1-3-19(14-8-6-13(2)7-9-14)17(20)16-11-10-15(21-16)5-4-12-18/h6-11H,3,12,18H2,1-2H3. The molecule has 0 aliphatic heterocycles. The van der Waals surface area contributed by atoms with Crippen molar-refractivity contribution in [3.8, 4) is 11.8 Å². The largest absolute Gasteiger partial charge is 0.320 e.